The molecule has 0 saturated carbocycles. The predicted octanol–water partition coefficient (Wildman–Crippen LogP) is 13.3. The number of likely N-dealkylation sites (N-methyl/N-ethyl adjacent to an activating group) is 2. The van der Waals surface area contributed by atoms with Gasteiger partial charge in [-0.1, -0.05) is 26.0 Å². The number of aromatic hydroxyl groups is 3. The van der Waals surface area contributed by atoms with E-state index in [0.29, 0.717) is 147 Å². The lowest BCUT2D eigenvalue weighted by Gasteiger charge is -2.62. The number of methoxy groups -OCH3 is 4. The van der Waals surface area contributed by atoms with Crippen LogP contribution in [0.5, 0.6) is 80.5 Å². The summed E-state index contributed by atoms with van der Waals surface area (Å²) in [6.07, 6.45) is 2.26. The number of nitrogens with zero attached hydrogens (tertiary/aromatic N) is 6. The maximum absolute atomic E-state index is 15.1. The minimum absolute atomic E-state index is 0.0279. The number of phenols is 3. The van der Waals surface area contributed by atoms with Gasteiger partial charge < -0.3 is 86.4 Å². The summed E-state index contributed by atoms with van der Waals surface area (Å²) in [5.74, 6) is 2.40. The number of hydrogen-bond donors (Lipinski definition) is 5. The molecular weight excluding hydrogens is 1720 g/mol. The molecule has 5 N–H and O–H groups in total. The Morgan fingerprint density at radius 2 is 0.946 bits per heavy atom. The van der Waals surface area contributed by atoms with Gasteiger partial charge in [-0.25, -0.2) is 19.2 Å². The number of piperazine rings is 2. The molecule has 32 nitrogen and oxygen atoms in total. The van der Waals surface area contributed by atoms with Crippen molar-refractivity contribution in [2.24, 2.45) is 0 Å². The molecule has 0 aliphatic carbocycles. The fraction of sp³-hybridized carbons (Fsp3) is 0.532. The molecule has 4 fully saturated rings. The SMILES string of the molecule is CCCC(=O)Cl.CCCC(=O)Oc1c(C)c2c(c3c1[C@H]1SC[C@]4(NCCc5cc(OC(=O)OC(C)(C)C)c(OC)cc54)C(=O)OC[C@@H]3N3C1[C@H]1c4c(cc(C)c(OC)c4O)C[C@@H]([C@@H]3C#N)N1C)OCO2.COc1cc2c(cc1OC(=O)OC(C)(C)C)CCN[C@]21CS[C@@H]2c3c(O)c(C)c4c(c3[C@H](COC1=O)N1C2[C@H]2c3c(cc(C)c(OC)c3O)C[C@@H]([C@@H]1C#N)N2C)OCO4. The van der Waals surface area contributed by atoms with Crippen LogP contribution in [0, 0.1) is 50.4 Å². The molecule has 20 rings (SSSR count). The first-order valence-corrected chi connectivity index (χ1v) is 45.8. The predicted molar refractivity (Wildman–Crippen MR) is 472 cm³/mol. The van der Waals surface area contributed by atoms with Gasteiger partial charge in [0.1, 0.15) is 48.0 Å². The fourth-order valence-corrected chi connectivity index (χ4v) is 25.0. The highest BCUT2D eigenvalue weighted by atomic mass is 35.5. The highest BCUT2D eigenvalue weighted by molar-refractivity contribution is 7.99. The second kappa shape index (κ2) is 35.3. The van der Waals surface area contributed by atoms with Crippen LogP contribution in [0.15, 0.2) is 36.4 Å². The largest absolute Gasteiger partial charge is 0.514 e. The van der Waals surface area contributed by atoms with E-state index >= 15 is 4.79 Å². The summed E-state index contributed by atoms with van der Waals surface area (Å²) in [7, 11) is 9.96. The molecule has 0 radical (unpaired) electrons. The molecule has 14 aliphatic rings. The van der Waals surface area contributed by atoms with Crippen molar-refractivity contribution in [3.63, 3.8) is 0 Å². The Morgan fingerprint density at radius 1 is 0.527 bits per heavy atom. The summed E-state index contributed by atoms with van der Waals surface area (Å²) in [5.41, 5.74) is 6.70. The molecule has 35 heteroatoms. The molecule has 0 amide bonds. The quantitative estimate of drug-likeness (QED) is 0.0264. The molecule has 4 saturated heterocycles. The molecule has 8 bridgehead atoms. The topological polar surface area (TPSA) is 386 Å². The van der Waals surface area contributed by atoms with Gasteiger partial charge in [0.05, 0.1) is 75.2 Å². The van der Waals surface area contributed by atoms with Gasteiger partial charge in [-0.15, -0.1) is 23.5 Å². The third-order valence-corrected chi connectivity index (χ3v) is 29.8. The van der Waals surface area contributed by atoms with E-state index in [1.54, 1.807) is 72.7 Å². The molecule has 2 unspecified atom stereocenters. The van der Waals surface area contributed by atoms with E-state index in [9.17, 15) is 49.8 Å². The number of carbonyl (C=O) groups is 6. The minimum Gasteiger partial charge on any atom is -0.507 e. The Labute approximate surface area is 761 Å². The lowest BCUT2D eigenvalue weighted by atomic mass is 9.71. The van der Waals surface area contributed by atoms with Gasteiger partial charge in [-0.2, -0.15) is 10.5 Å². The zero-order valence-electron chi connectivity index (χ0n) is 75.5. The normalized spacial score (nSPS) is 26.4. The van der Waals surface area contributed by atoms with Crippen LogP contribution in [0.1, 0.15) is 205 Å². The van der Waals surface area contributed by atoms with E-state index in [-0.39, 0.29) is 102 Å². The van der Waals surface area contributed by atoms with Gasteiger partial charge >= 0.3 is 30.2 Å². The summed E-state index contributed by atoms with van der Waals surface area (Å²) < 4.78 is 89.2. The van der Waals surface area contributed by atoms with Crippen molar-refractivity contribution >= 4 is 70.6 Å². The van der Waals surface area contributed by atoms with Gasteiger partial charge in [0.15, 0.2) is 80.1 Å². The van der Waals surface area contributed by atoms with E-state index in [1.807, 2.05) is 60.8 Å². The number of hydrogen-bond acceptors (Lipinski definition) is 34. The number of thioether (sulfide) groups is 2. The number of esters is 3. The summed E-state index contributed by atoms with van der Waals surface area (Å²) in [6.45, 7) is 21.9. The maximum Gasteiger partial charge on any atom is 0.514 e. The van der Waals surface area contributed by atoms with E-state index in [4.69, 9.17) is 82.7 Å². The molecule has 14 aliphatic heterocycles. The average molecular weight is 1830 g/mol. The molecule has 688 valence electrons. The summed E-state index contributed by atoms with van der Waals surface area (Å²) in [4.78, 5) is 87.8. The van der Waals surface area contributed by atoms with Gasteiger partial charge in [0.25, 0.3) is 0 Å². The second-order valence-corrected chi connectivity index (χ2v) is 39.1. The van der Waals surface area contributed by atoms with Crippen LogP contribution in [0.25, 0.3) is 0 Å². The van der Waals surface area contributed by atoms with Crippen molar-refractivity contribution in [3.05, 3.63) is 125 Å². The van der Waals surface area contributed by atoms with Gasteiger partial charge in [0, 0.05) is 106 Å². The van der Waals surface area contributed by atoms with E-state index in [2.05, 4.69) is 42.4 Å². The molecule has 6 aromatic rings. The maximum atomic E-state index is 15.1. The third kappa shape index (κ3) is 15.5. The summed E-state index contributed by atoms with van der Waals surface area (Å²) in [5, 5.41) is 64.6. The molecule has 129 heavy (non-hydrogen) atoms. The van der Waals surface area contributed by atoms with Crippen LogP contribution in [-0.2, 0) is 74.9 Å². The third-order valence-electron chi connectivity index (χ3n) is 26.7. The zero-order chi connectivity index (χ0) is 92.4. The molecule has 2 spiro atoms. The van der Waals surface area contributed by atoms with E-state index in [0.717, 1.165) is 39.8 Å². The van der Waals surface area contributed by atoms with Crippen LogP contribution in [-0.4, -0.2) is 212 Å². The number of fused-ring (bicyclic) bond motifs is 18. The van der Waals surface area contributed by atoms with Crippen molar-refractivity contribution in [1.29, 1.82) is 10.5 Å². The number of nitrogens with one attached hydrogen (secondary N) is 2. The summed E-state index contributed by atoms with van der Waals surface area (Å²) >= 11 is 7.86. The van der Waals surface area contributed by atoms with Gasteiger partial charge in [-0.05, 0) is 202 Å². The molecule has 0 aromatic heterocycles. The number of aryl methyl sites for hydroxylation is 2. The Kier molecular flexibility index (Phi) is 25.1. The Hall–Kier alpha value is -10.5. The fourth-order valence-electron chi connectivity index (χ4n) is 21.4. The number of phenolic OH excluding ortho intramolecular Hbond substituents is 3. The number of nitriles is 2. The van der Waals surface area contributed by atoms with Gasteiger partial charge in [-0.3, -0.25) is 39.8 Å². The number of rotatable bonds is 11. The second-order valence-electron chi connectivity index (χ2n) is 36.4. The first-order chi connectivity index (χ1) is 61.5. The van der Waals surface area contributed by atoms with E-state index < -0.39 is 111 Å². The van der Waals surface area contributed by atoms with Crippen LogP contribution in [0.4, 0.5) is 9.59 Å². The number of benzene rings is 6. The molecule has 14 atom stereocenters. The highest BCUT2D eigenvalue weighted by Crippen LogP contribution is 2.68. The molecule has 6 aromatic carbocycles. The van der Waals surface area contributed by atoms with Crippen LogP contribution in [0.2, 0.25) is 0 Å². The lowest BCUT2D eigenvalue weighted by molar-refractivity contribution is -0.158. The molecule has 14 heterocycles. The average Bonchev–Trinajstić information content (AvgIpc) is 1.27. The minimum atomic E-state index is -1.45. The Balaban J connectivity index is 0.000000178. The van der Waals surface area contributed by atoms with E-state index in [1.165, 1.54) is 52.0 Å². The summed E-state index contributed by atoms with van der Waals surface area (Å²) in [6, 6.07) is 10.5. The smallest absolute Gasteiger partial charge is 0.507 e. The van der Waals surface area contributed by atoms with Crippen molar-refractivity contribution in [3.8, 4) is 92.6 Å². The first kappa shape index (κ1) is 91.8. The van der Waals surface area contributed by atoms with Crippen LogP contribution < -0.4 is 62.7 Å². The Morgan fingerprint density at radius 3 is 1.34 bits per heavy atom. The first-order valence-electron chi connectivity index (χ1n) is 43.4. The number of ether oxygens (including phenoxy) is 15. The van der Waals surface area contributed by atoms with Crippen molar-refractivity contribution < 1.29 is 115 Å². The molecular formula is C94H109ClN8O24S2. The standard InChI is InChI=1S/C47H54N4O12S.C43H48N4O11S.C4H7ClO/c1-10-11-32(52)62-40-23(3)41-42(60-21-59-41)34-29-19-58-44(54)47(26-17-30(56-8)31(16-24(26)12-13-49-47)61-45(55)63-46(4,5)6)20-64-43(35(34)40)37-36-33-25(14-22(2)39(57-9)38(33)53)15-27(50(36)7)28(18-48)51(29)37;1-19-11-22-12-24-25(15-44)47-26-16-54-40(50)43(23-14-27(52-7)28(13-21(23)9-10-45-43)57-41(51)58-42(3,4)5)17-59-39(31-30(26)38-37(55-18-56-38)20(2)34(31)48)33(47)32(46(24)6)29(22)35(49)36(19)53-8;1-2-3-4(5)6/h14,16-17,27-29,36-37,43,49,53H,10-13,15,19-21H2,1-9H3;11,13-14,24-26,32-33,39,45,48-49H,9-10,12,16-18H2,1-8H3;2-3H2,1H3/t27-,28-,29-,36+,37?,43+,47+;24-,25-,26-,32+,33?,39+,43+;/m00./s1. The monoisotopic (exact) mass is 1830 g/mol. The van der Waals surface area contributed by atoms with Crippen molar-refractivity contribution in [2.75, 3.05) is 93.9 Å². The van der Waals surface area contributed by atoms with Gasteiger partial charge in [0.2, 0.25) is 18.8 Å². The van der Waals surface area contributed by atoms with Crippen molar-refractivity contribution in [2.45, 2.75) is 228 Å². The Bertz CT molecular complexity index is 5670. The van der Waals surface area contributed by atoms with Crippen LogP contribution >= 0.6 is 35.1 Å². The van der Waals surface area contributed by atoms with Crippen LogP contribution in [0.3, 0.4) is 0 Å². The number of carbonyl (C=O) groups excluding carboxylic acids is 6. The van der Waals surface area contributed by atoms with Crippen molar-refractivity contribution in [1.82, 2.24) is 30.2 Å². The number of halogens is 1. The highest BCUT2D eigenvalue weighted by Gasteiger charge is 2.65. The zero-order valence-corrected chi connectivity index (χ0v) is 77.9. The lowest BCUT2D eigenvalue weighted by Crippen LogP contribution is -2.69.